The summed E-state index contributed by atoms with van der Waals surface area (Å²) in [5.74, 6) is 0.651. The van der Waals surface area contributed by atoms with Crippen LogP contribution >= 0.6 is 0 Å². The van der Waals surface area contributed by atoms with E-state index in [1.54, 1.807) is 0 Å². The van der Waals surface area contributed by atoms with Crippen LogP contribution in [0.5, 0.6) is 0 Å². The molecule has 1 fully saturated rings. The Morgan fingerprint density at radius 2 is 1.94 bits per heavy atom. The number of benzene rings is 1. The van der Waals surface area contributed by atoms with Gasteiger partial charge in [-0.25, -0.2) is 4.98 Å². The maximum atomic E-state index is 6.04. The highest BCUT2D eigenvalue weighted by Gasteiger charge is 2.38. The van der Waals surface area contributed by atoms with E-state index < -0.39 is 0 Å². The number of hydrogen-bond donors (Lipinski definition) is 1. The van der Waals surface area contributed by atoms with Crippen molar-refractivity contribution in [3.8, 4) is 0 Å². The van der Waals surface area contributed by atoms with Crippen LogP contribution in [-0.4, -0.2) is 9.55 Å². The summed E-state index contributed by atoms with van der Waals surface area (Å²) < 4.78 is 2.18. The van der Waals surface area contributed by atoms with E-state index in [0.717, 1.165) is 12.1 Å². The van der Waals surface area contributed by atoms with Crippen molar-refractivity contribution < 1.29 is 0 Å². The van der Waals surface area contributed by atoms with Gasteiger partial charge in [-0.3, -0.25) is 0 Å². The Balaban J connectivity index is 2.16. The van der Waals surface area contributed by atoms with Crippen molar-refractivity contribution in [1.29, 1.82) is 0 Å². The zero-order valence-electron chi connectivity index (χ0n) is 10.7. The quantitative estimate of drug-likeness (QED) is 0.860. The SMILES string of the molecule is Cc1cc2nc(N)n(CC3(C)CC3)c2cc1C. The molecule has 0 saturated heterocycles. The molecular formula is C14H19N3. The van der Waals surface area contributed by atoms with Gasteiger partial charge in [0.1, 0.15) is 0 Å². The van der Waals surface area contributed by atoms with Crippen LogP contribution < -0.4 is 5.73 Å². The van der Waals surface area contributed by atoms with Crippen molar-refractivity contribution in [2.45, 2.75) is 40.2 Å². The number of anilines is 1. The first-order valence-corrected chi connectivity index (χ1v) is 6.21. The maximum Gasteiger partial charge on any atom is 0.201 e. The molecule has 0 aliphatic heterocycles. The Hall–Kier alpha value is -1.51. The second kappa shape index (κ2) is 3.25. The monoisotopic (exact) mass is 229 g/mol. The molecule has 1 aliphatic carbocycles. The molecule has 17 heavy (non-hydrogen) atoms. The summed E-state index contributed by atoms with van der Waals surface area (Å²) in [6, 6.07) is 4.34. The van der Waals surface area contributed by atoms with E-state index in [9.17, 15) is 0 Å². The molecule has 3 nitrogen and oxygen atoms in total. The second-order valence-electron chi connectivity index (χ2n) is 5.79. The fourth-order valence-corrected chi connectivity index (χ4v) is 2.32. The number of rotatable bonds is 2. The molecule has 3 heteroatoms. The fourth-order valence-electron chi connectivity index (χ4n) is 2.32. The predicted octanol–water partition coefficient (Wildman–Crippen LogP) is 3.04. The van der Waals surface area contributed by atoms with Gasteiger partial charge in [0, 0.05) is 6.54 Å². The number of fused-ring (bicyclic) bond motifs is 1. The molecule has 0 radical (unpaired) electrons. The Labute approximate surface area is 102 Å². The topological polar surface area (TPSA) is 43.8 Å². The van der Waals surface area contributed by atoms with Gasteiger partial charge < -0.3 is 10.3 Å². The first-order chi connectivity index (χ1) is 7.98. The largest absolute Gasteiger partial charge is 0.369 e. The Kier molecular flexibility index (Phi) is 2.03. The highest BCUT2D eigenvalue weighted by Crippen LogP contribution is 2.47. The van der Waals surface area contributed by atoms with Crippen molar-refractivity contribution in [2.75, 3.05) is 5.73 Å². The van der Waals surface area contributed by atoms with Gasteiger partial charge in [0.05, 0.1) is 11.0 Å². The number of aryl methyl sites for hydroxylation is 2. The Bertz CT molecular complexity index is 591. The first-order valence-electron chi connectivity index (χ1n) is 6.21. The van der Waals surface area contributed by atoms with Crippen LogP contribution in [0.2, 0.25) is 0 Å². The van der Waals surface area contributed by atoms with Crippen LogP contribution in [0.25, 0.3) is 11.0 Å². The summed E-state index contributed by atoms with van der Waals surface area (Å²) in [5, 5.41) is 0. The average molecular weight is 229 g/mol. The number of nitrogens with zero attached hydrogens (tertiary/aromatic N) is 2. The first kappa shape index (κ1) is 10.6. The van der Waals surface area contributed by atoms with Crippen molar-refractivity contribution in [3.63, 3.8) is 0 Å². The minimum absolute atomic E-state index is 0.445. The lowest BCUT2D eigenvalue weighted by molar-refractivity contribution is 0.476. The smallest absolute Gasteiger partial charge is 0.201 e. The van der Waals surface area contributed by atoms with E-state index in [-0.39, 0.29) is 0 Å². The lowest BCUT2D eigenvalue weighted by Crippen LogP contribution is -2.10. The van der Waals surface area contributed by atoms with Gasteiger partial charge in [-0.1, -0.05) is 6.92 Å². The third kappa shape index (κ3) is 1.70. The lowest BCUT2D eigenvalue weighted by atomic mass is 10.1. The zero-order chi connectivity index (χ0) is 12.2. The summed E-state index contributed by atoms with van der Waals surface area (Å²) in [5.41, 5.74) is 11.3. The zero-order valence-corrected chi connectivity index (χ0v) is 10.7. The molecule has 0 unspecified atom stereocenters. The van der Waals surface area contributed by atoms with Crippen LogP contribution in [-0.2, 0) is 6.54 Å². The van der Waals surface area contributed by atoms with E-state index in [1.807, 2.05) is 0 Å². The maximum absolute atomic E-state index is 6.04. The van der Waals surface area contributed by atoms with E-state index in [2.05, 4.69) is 42.5 Å². The van der Waals surface area contributed by atoms with Crippen molar-refractivity contribution in [2.24, 2.45) is 5.41 Å². The van der Waals surface area contributed by atoms with Gasteiger partial charge in [-0.15, -0.1) is 0 Å². The van der Waals surface area contributed by atoms with Crippen LogP contribution in [0.1, 0.15) is 30.9 Å². The second-order valence-corrected chi connectivity index (χ2v) is 5.79. The van der Waals surface area contributed by atoms with Crippen LogP contribution in [0, 0.1) is 19.3 Å². The van der Waals surface area contributed by atoms with Gasteiger partial charge >= 0.3 is 0 Å². The van der Waals surface area contributed by atoms with E-state index in [4.69, 9.17) is 5.73 Å². The molecule has 0 bridgehead atoms. The molecule has 90 valence electrons. The van der Waals surface area contributed by atoms with Crippen molar-refractivity contribution >= 4 is 17.0 Å². The Morgan fingerprint density at radius 1 is 1.29 bits per heavy atom. The van der Waals surface area contributed by atoms with Gasteiger partial charge in [-0.2, -0.15) is 0 Å². The molecule has 2 aromatic rings. The lowest BCUT2D eigenvalue weighted by Gasteiger charge is -2.12. The summed E-state index contributed by atoms with van der Waals surface area (Å²) >= 11 is 0. The number of imidazole rings is 1. The summed E-state index contributed by atoms with van der Waals surface area (Å²) in [7, 11) is 0. The van der Waals surface area contributed by atoms with Gasteiger partial charge in [0.15, 0.2) is 0 Å². The molecule has 1 saturated carbocycles. The van der Waals surface area contributed by atoms with Gasteiger partial charge in [0.25, 0.3) is 0 Å². The van der Waals surface area contributed by atoms with Crippen LogP contribution in [0.4, 0.5) is 5.95 Å². The highest BCUT2D eigenvalue weighted by atomic mass is 15.2. The van der Waals surface area contributed by atoms with E-state index in [0.29, 0.717) is 11.4 Å². The molecule has 2 N–H and O–H groups in total. The van der Waals surface area contributed by atoms with Crippen LogP contribution in [0.3, 0.4) is 0 Å². The fraction of sp³-hybridized carbons (Fsp3) is 0.500. The average Bonchev–Trinajstić information content (AvgIpc) is 2.91. The Morgan fingerprint density at radius 3 is 2.59 bits per heavy atom. The van der Waals surface area contributed by atoms with Gasteiger partial charge in [-0.05, 0) is 55.4 Å². The molecule has 1 heterocycles. The summed E-state index contributed by atoms with van der Waals surface area (Å²) in [6.45, 7) is 7.57. The molecule has 1 aliphatic rings. The number of hydrogen-bond acceptors (Lipinski definition) is 2. The number of aromatic nitrogens is 2. The molecule has 1 aromatic heterocycles. The highest BCUT2D eigenvalue weighted by molar-refractivity contribution is 5.80. The molecule has 0 spiro atoms. The molecule has 3 rings (SSSR count). The summed E-state index contributed by atoms with van der Waals surface area (Å²) in [6.07, 6.45) is 2.61. The minimum Gasteiger partial charge on any atom is -0.369 e. The third-order valence-corrected chi connectivity index (χ3v) is 4.04. The number of nitrogens with two attached hydrogens (primary N) is 1. The minimum atomic E-state index is 0.445. The normalized spacial score (nSPS) is 17.6. The van der Waals surface area contributed by atoms with E-state index >= 15 is 0 Å². The standard InChI is InChI=1S/C14H19N3/c1-9-6-11-12(7-10(9)2)17(13(15)16-11)8-14(3)4-5-14/h6-7H,4-5,8H2,1-3H3,(H2,15,16). The van der Waals surface area contributed by atoms with Gasteiger partial charge in [0.2, 0.25) is 5.95 Å². The molecule has 1 aromatic carbocycles. The molecule has 0 amide bonds. The third-order valence-electron chi connectivity index (χ3n) is 4.04. The van der Waals surface area contributed by atoms with Crippen LogP contribution in [0.15, 0.2) is 12.1 Å². The molecular weight excluding hydrogens is 210 g/mol. The van der Waals surface area contributed by atoms with Crippen molar-refractivity contribution in [1.82, 2.24) is 9.55 Å². The van der Waals surface area contributed by atoms with Crippen molar-refractivity contribution in [3.05, 3.63) is 23.3 Å². The summed E-state index contributed by atoms with van der Waals surface area (Å²) in [4.78, 5) is 4.47. The van der Waals surface area contributed by atoms with E-state index in [1.165, 1.54) is 29.5 Å². The predicted molar refractivity (Wildman–Crippen MR) is 71.0 cm³/mol. The molecule has 0 atom stereocenters. The number of nitrogen functional groups attached to an aromatic ring is 1.